The predicted molar refractivity (Wildman–Crippen MR) is 29.3 cm³/mol. The van der Waals surface area contributed by atoms with Crippen molar-refractivity contribution in [2.75, 3.05) is 6.86 Å². The lowest BCUT2D eigenvalue weighted by molar-refractivity contribution is -0.112. The van der Waals surface area contributed by atoms with Crippen LogP contribution >= 0.6 is 0 Å². The van der Waals surface area contributed by atoms with Crippen molar-refractivity contribution in [1.82, 2.24) is 0 Å². The number of nitrogens with zero attached hydrogens (tertiary/aromatic N) is 2. The first kappa shape index (κ1) is 8.36. The van der Waals surface area contributed by atoms with Crippen LogP contribution in [0.4, 0.5) is 4.39 Å². The van der Waals surface area contributed by atoms with Gasteiger partial charge in [-0.2, -0.15) is 5.26 Å². The summed E-state index contributed by atoms with van der Waals surface area (Å²) in [4.78, 5) is 13.8. The Bertz CT molecular complexity index is 195. The average Bonchev–Trinajstić information content (AvgIpc) is 1.89. The van der Waals surface area contributed by atoms with E-state index in [0.29, 0.717) is 0 Å². The quantitative estimate of drug-likeness (QED) is 0.420. The summed E-state index contributed by atoms with van der Waals surface area (Å²) in [7, 11) is 0. The molecule has 10 heavy (non-hydrogen) atoms. The van der Waals surface area contributed by atoms with Gasteiger partial charge in [-0.15, -0.1) is 0 Å². The van der Waals surface area contributed by atoms with Crippen LogP contribution in [-0.2, 0) is 9.63 Å². The van der Waals surface area contributed by atoms with Crippen molar-refractivity contribution >= 4 is 11.6 Å². The summed E-state index contributed by atoms with van der Waals surface area (Å²) < 4.78 is 11.2. The zero-order chi connectivity index (χ0) is 7.98. The molecular formula is C4H4FN3O2. The molecule has 2 N–H and O–H groups in total. The van der Waals surface area contributed by atoms with Crippen molar-refractivity contribution in [3.8, 4) is 6.07 Å². The van der Waals surface area contributed by atoms with Crippen molar-refractivity contribution < 1.29 is 14.0 Å². The minimum absolute atomic E-state index is 0.655. The Morgan fingerprint density at radius 1 is 1.90 bits per heavy atom. The summed E-state index contributed by atoms with van der Waals surface area (Å²) >= 11 is 0. The second-order valence-corrected chi connectivity index (χ2v) is 1.15. The molecule has 0 aromatic rings. The fourth-order valence-electron chi connectivity index (χ4n) is 0.209. The maximum absolute atomic E-state index is 11.2. The van der Waals surface area contributed by atoms with Gasteiger partial charge in [-0.05, 0) is 0 Å². The molecule has 6 heteroatoms. The molecule has 54 valence electrons. The van der Waals surface area contributed by atoms with Gasteiger partial charge in [0, 0.05) is 0 Å². The summed E-state index contributed by atoms with van der Waals surface area (Å²) in [6.45, 7) is -1.20. The molecule has 0 saturated carbocycles. The molecule has 0 aromatic carbocycles. The number of amides is 1. The van der Waals surface area contributed by atoms with Crippen molar-refractivity contribution in [3.05, 3.63) is 0 Å². The molecule has 0 atom stereocenters. The topological polar surface area (TPSA) is 88.5 Å². The van der Waals surface area contributed by atoms with Gasteiger partial charge >= 0.3 is 0 Å². The number of nitrogens with two attached hydrogens (primary N) is 1. The van der Waals surface area contributed by atoms with Gasteiger partial charge in [0.05, 0.1) is 0 Å². The fourth-order valence-corrected chi connectivity index (χ4v) is 0.209. The highest BCUT2D eigenvalue weighted by Crippen LogP contribution is 1.79. The number of oxime groups is 1. The Morgan fingerprint density at radius 3 is 2.80 bits per heavy atom. The summed E-state index contributed by atoms with van der Waals surface area (Å²) in [6, 6.07) is 1.32. The molecule has 0 aromatic heterocycles. The normalized spacial score (nSPS) is 10.2. The number of alkyl halides is 1. The molecule has 0 heterocycles. The number of rotatable bonds is 3. The Balaban J connectivity index is 4.09. The van der Waals surface area contributed by atoms with Gasteiger partial charge < -0.3 is 10.6 Å². The summed E-state index contributed by atoms with van der Waals surface area (Å²) in [6.07, 6.45) is 0. The molecule has 5 nitrogen and oxygen atoms in total. The van der Waals surface area contributed by atoms with E-state index in [1.165, 1.54) is 6.07 Å². The molecule has 0 unspecified atom stereocenters. The Hall–Kier alpha value is -1.64. The molecule has 0 aliphatic rings. The Kier molecular flexibility index (Phi) is 3.56. The maximum atomic E-state index is 11.2. The molecule has 0 spiro atoms. The first-order valence-corrected chi connectivity index (χ1v) is 2.18. The first-order valence-electron chi connectivity index (χ1n) is 2.18. The number of carbonyl (C=O) groups excluding carboxylic acids is 1. The highest BCUT2D eigenvalue weighted by Gasteiger charge is 2.04. The second kappa shape index (κ2) is 4.26. The minimum Gasteiger partial charge on any atom is -0.364 e. The lowest BCUT2D eigenvalue weighted by Crippen LogP contribution is -2.21. The van der Waals surface area contributed by atoms with Crippen molar-refractivity contribution in [2.24, 2.45) is 10.9 Å². The van der Waals surface area contributed by atoms with Crippen molar-refractivity contribution in [2.45, 2.75) is 0 Å². The number of carbonyl (C=O) groups is 1. The second-order valence-electron chi connectivity index (χ2n) is 1.15. The standard InChI is InChI=1S/C4H4FN3O2/c5-2-10-8-3(1-6)4(7)9/h2H2,(H2,7,9)/b8-3-. The molecule has 0 rings (SSSR count). The largest absolute Gasteiger partial charge is 0.364 e. The van der Waals surface area contributed by atoms with Gasteiger partial charge in [0.15, 0.2) is 0 Å². The molecule has 0 aliphatic carbocycles. The van der Waals surface area contributed by atoms with Gasteiger partial charge in [-0.3, -0.25) is 4.79 Å². The maximum Gasteiger partial charge on any atom is 0.281 e. The third kappa shape index (κ3) is 2.61. The van der Waals surface area contributed by atoms with Crippen molar-refractivity contribution in [1.29, 1.82) is 5.26 Å². The highest BCUT2D eigenvalue weighted by molar-refractivity contribution is 6.44. The van der Waals surface area contributed by atoms with Gasteiger partial charge in [-0.25, -0.2) is 4.39 Å². The molecule has 0 radical (unpaired) electrons. The summed E-state index contributed by atoms with van der Waals surface area (Å²) in [5, 5.41) is 10.8. The van der Waals surface area contributed by atoms with E-state index in [1.807, 2.05) is 0 Å². The van der Waals surface area contributed by atoms with Crippen LogP contribution in [0.5, 0.6) is 0 Å². The molecule has 1 amide bonds. The summed E-state index contributed by atoms with van der Waals surface area (Å²) in [5.41, 5.74) is 3.94. The summed E-state index contributed by atoms with van der Waals surface area (Å²) in [5.74, 6) is -1.05. The van der Waals surface area contributed by atoms with E-state index in [0.717, 1.165) is 0 Å². The molecule has 0 bridgehead atoms. The lowest BCUT2D eigenvalue weighted by atomic mass is 10.4. The Morgan fingerprint density at radius 2 is 2.50 bits per heavy atom. The van der Waals surface area contributed by atoms with Crippen molar-refractivity contribution in [3.63, 3.8) is 0 Å². The van der Waals surface area contributed by atoms with Crippen LogP contribution in [0, 0.1) is 11.3 Å². The van der Waals surface area contributed by atoms with Crippen LogP contribution < -0.4 is 5.73 Å². The molecule has 0 aliphatic heterocycles. The first-order chi connectivity index (χ1) is 4.72. The molecule has 0 fully saturated rings. The monoisotopic (exact) mass is 145 g/mol. The number of hydrogen-bond acceptors (Lipinski definition) is 4. The fraction of sp³-hybridized carbons (Fsp3) is 0.250. The van der Waals surface area contributed by atoms with E-state index in [4.69, 9.17) is 5.26 Å². The van der Waals surface area contributed by atoms with Gasteiger partial charge in [0.1, 0.15) is 6.07 Å². The van der Waals surface area contributed by atoms with Crippen LogP contribution in [0.15, 0.2) is 5.16 Å². The Labute approximate surface area is 55.9 Å². The van der Waals surface area contributed by atoms with Crippen LogP contribution in [0.3, 0.4) is 0 Å². The smallest absolute Gasteiger partial charge is 0.281 e. The zero-order valence-corrected chi connectivity index (χ0v) is 4.87. The van der Waals surface area contributed by atoms with E-state index in [2.05, 4.69) is 15.7 Å². The van der Waals surface area contributed by atoms with E-state index in [1.54, 1.807) is 0 Å². The highest BCUT2D eigenvalue weighted by atomic mass is 19.1. The van der Waals surface area contributed by atoms with Gasteiger partial charge in [-0.1, -0.05) is 5.16 Å². The van der Waals surface area contributed by atoms with Gasteiger partial charge in [0.25, 0.3) is 12.8 Å². The van der Waals surface area contributed by atoms with E-state index < -0.39 is 18.5 Å². The third-order valence-corrected chi connectivity index (χ3v) is 0.544. The van der Waals surface area contributed by atoms with E-state index >= 15 is 0 Å². The zero-order valence-electron chi connectivity index (χ0n) is 4.87. The number of halogens is 1. The number of primary amides is 1. The SMILES string of the molecule is N#C/C(=N/OCF)C(N)=O. The average molecular weight is 145 g/mol. The van der Waals surface area contributed by atoms with Crippen LogP contribution in [-0.4, -0.2) is 18.5 Å². The molecule has 0 saturated heterocycles. The number of hydrogen-bond donors (Lipinski definition) is 1. The van der Waals surface area contributed by atoms with Crippen LogP contribution in [0.2, 0.25) is 0 Å². The minimum atomic E-state index is -1.20. The molecular weight excluding hydrogens is 141 g/mol. The van der Waals surface area contributed by atoms with Crippen LogP contribution in [0.1, 0.15) is 0 Å². The predicted octanol–water partition coefficient (Wildman–Crippen LogP) is -0.705. The van der Waals surface area contributed by atoms with E-state index in [-0.39, 0.29) is 0 Å². The van der Waals surface area contributed by atoms with Crippen LogP contribution in [0.25, 0.3) is 0 Å². The lowest BCUT2D eigenvalue weighted by Gasteiger charge is -1.88. The van der Waals surface area contributed by atoms with E-state index in [9.17, 15) is 9.18 Å². The number of nitriles is 1. The van der Waals surface area contributed by atoms with Gasteiger partial charge in [0.2, 0.25) is 5.71 Å². The third-order valence-electron chi connectivity index (χ3n) is 0.544.